The van der Waals surface area contributed by atoms with Crippen LogP contribution in [0.4, 0.5) is 0 Å². The molecule has 0 unspecified atom stereocenters. The number of guanidine groups is 1. The molecular weight excluding hydrogens is 252 g/mol. The van der Waals surface area contributed by atoms with Gasteiger partial charge in [-0.05, 0) is 12.8 Å². The van der Waals surface area contributed by atoms with E-state index in [1.165, 1.54) is 7.11 Å². The van der Waals surface area contributed by atoms with Crippen molar-refractivity contribution in [3.05, 3.63) is 0 Å². The molecule has 0 saturated carbocycles. The highest BCUT2D eigenvalue weighted by atomic mass is 16.5. The minimum atomic E-state index is -0.723. The van der Waals surface area contributed by atoms with E-state index in [4.69, 9.17) is 11.1 Å². The van der Waals surface area contributed by atoms with E-state index in [0.29, 0.717) is 19.4 Å². The lowest BCUT2D eigenvalue weighted by molar-refractivity contribution is -0.142. The first kappa shape index (κ1) is 16.9. The van der Waals surface area contributed by atoms with Crippen molar-refractivity contribution in [3.8, 4) is 0 Å². The Labute approximate surface area is 111 Å². The van der Waals surface area contributed by atoms with Crippen molar-refractivity contribution in [3.63, 3.8) is 0 Å². The standard InChI is InChI=1S/C11H19N4O4/c1-19-10(18)5-4-9(17)15-8(7-16)3-2-6-14-11(12)13/h8H,2-6H2,1H3,(H,15,17)(H4,12,13,14)/t8-/m0/s1. The van der Waals surface area contributed by atoms with Crippen LogP contribution < -0.4 is 16.4 Å². The van der Waals surface area contributed by atoms with Crippen molar-refractivity contribution in [2.45, 2.75) is 31.7 Å². The normalized spacial score (nSPS) is 11.2. The van der Waals surface area contributed by atoms with Crippen molar-refractivity contribution < 1.29 is 19.1 Å². The highest BCUT2D eigenvalue weighted by Crippen LogP contribution is 1.97. The van der Waals surface area contributed by atoms with Crippen molar-refractivity contribution in [2.24, 2.45) is 5.73 Å². The van der Waals surface area contributed by atoms with E-state index in [9.17, 15) is 14.4 Å². The molecule has 8 nitrogen and oxygen atoms in total. The van der Waals surface area contributed by atoms with E-state index in [-0.39, 0.29) is 18.8 Å². The van der Waals surface area contributed by atoms with Crippen LogP contribution in [-0.2, 0) is 19.1 Å². The largest absolute Gasteiger partial charge is 0.469 e. The second-order valence-electron chi connectivity index (χ2n) is 3.80. The molecule has 0 spiro atoms. The van der Waals surface area contributed by atoms with Crippen LogP contribution in [0.5, 0.6) is 0 Å². The predicted octanol–water partition coefficient (Wildman–Crippen LogP) is -1.20. The lowest BCUT2D eigenvalue weighted by Gasteiger charge is -2.12. The number of nitrogens with one attached hydrogen (secondary N) is 3. The summed E-state index contributed by atoms with van der Waals surface area (Å²) in [6, 6.07) is -0.723. The lowest BCUT2D eigenvalue weighted by Crippen LogP contribution is -2.37. The van der Waals surface area contributed by atoms with Crippen LogP contribution in [0.1, 0.15) is 25.7 Å². The van der Waals surface area contributed by atoms with Gasteiger partial charge in [-0.3, -0.25) is 19.8 Å². The fourth-order valence-corrected chi connectivity index (χ4v) is 1.27. The first-order valence-electron chi connectivity index (χ1n) is 5.81. The van der Waals surface area contributed by atoms with Crippen LogP contribution in [0.2, 0.25) is 0 Å². The van der Waals surface area contributed by atoms with Gasteiger partial charge < -0.3 is 21.1 Å². The molecule has 0 saturated heterocycles. The molecule has 0 rings (SSSR count). The predicted molar refractivity (Wildman–Crippen MR) is 68.0 cm³/mol. The molecule has 5 N–H and O–H groups in total. The number of rotatable bonds is 9. The molecule has 0 aliphatic heterocycles. The second kappa shape index (κ2) is 9.86. The van der Waals surface area contributed by atoms with Gasteiger partial charge in [0.05, 0.1) is 19.6 Å². The maximum atomic E-state index is 11.4. The number of hydrogen-bond donors (Lipinski definition) is 4. The van der Waals surface area contributed by atoms with Gasteiger partial charge in [0.1, 0.15) is 0 Å². The first-order chi connectivity index (χ1) is 8.99. The number of esters is 1. The van der Waals surface area contributed by atoms with E-state index in [1.807, 2.05) is 0 Å². The second-order valence-corrected chi connectivity index (χ2v) is 3.80. The summed E-state index contributed by atoms with van der Waals surface area (Å²) >= 11 is 0. The Morgan fingerprint density at radius 1 is 1.42 bits per heavy atom. The van der Waals surface area contributed by atoms with Crippen LogP contribution in [0, 0.1) is 5.41 Å². The average molecular weight is 271 g/mol. The van der Waals surface area contributed by atoms with Gasteiger partial charge in [-0.1, -0.05) is 0 Å². The zero-order valence-electron chi connectivity index (χ0n) is 10.8. The number of amides is 1. The Hall–Kier alpha value is -2.12. The Bertz CT molecular complexity index is 333. The molecule has 0 aliphatic carbocycles. The number of methoxy groups -OCH3 is 1. The van der Waals surface area contributed by atoms with Gasteiger partial charge in [0.15, 0.2) is 5.96 Å². The molecule has 0 aromatic carbocycles. The van der Waals surface area contributed by atoms with Crippen LogP contribution in [0.25, 0.3) is 0 Å². The fraction of sp³-hybridized carbons (Fsp3) is 0.636. The highest BCUT2D eigenvalue weighted by molar-refractivity contribution is 5.83. The molecular formula is C11H19N4O4. The van der Waals surface area contributed by atoms with Crippen LogP contribution in [0.15, 0.2) is 0 Å². The van der Waals surface area contributed by atoms with Gasteiger partial charge in [0, 0.05) is 13.0 Å². The van der Waals surface area contributed by atoms with Gasteiger partial charge >= 0.3 is 5.97 Å². The zero-order valence-corrected chi connectivity index (χ0v) is 10.8. The van der Waals surface area contributed by atoms with Gasteiger partial charge in [0.25, 0.3) is 0 Å². The molecule has 8 heteroatoms. The van der Waals surface area contributed by atoms with Crippen molar-refractivity contribution in [1.82, 2.24) is 10.6 Å². The highest BCUT2D eigenvalue weighted by Gasteiger charge is 2.13. The van der Waals surface area contributed by atoms with Gasteiger partial charge in [-0.15, -0.1) is 0 Å². The summed E-state index contributed by atoms with van der Waals surface area (Å²) in [6.45, 7) is 0.436. The Balaban J connectivity index is 3.84. The van der Waals surface area contributed by atoms with Crippen molar-refractivity contribution in [2.75, 3.05) is 13.7 Å². The maximum Gasteiger partial charge on any atom is 0.306 e. The van der Waals surface area contributed by atoms with Crippen molar-refractivity contribution >= 4 is 24.1 Å². The monoisotopic (exact) mass is 271 g/mol. The minimum Gasteiger partial charge on any atom is -0.469 e. The lowest BCUT2D eigenvalue weighted by atomic mass is 10.1. The molecule has 0 heterocycles. The zero-order chi connectivity index (χ0) is 14.7. The minimum absolute atomic E-state index is 0.0280. The summed E-state index contributed by atoms with van der Waals surface area (Å²) in [5, 5.41) is 12.0. The molecule has 0 fully saturated rings. The van der Waals surface area contributed by atoms with Crippen LogP contribution in [-0.4, -0.2) is 43.8 Å². The molecule has 0 aliphatic rings. The topological polar surface area (TPSA) is 134 Å². The molecule has 0 aromatic rings. The summed E-state index contributed by atoms with van der Waals surface area (Å²) < 4.78 is 4.40. The molecule has 0 bridgehead atoms. The van der Waals surface area contributed by atoms with Crippen molar-refractivity contribution in [1.29, 1.82) is 5.41 Å². The van der Waals surface area contributed by atoms with Gasteiger partial charge in [-0.25, -0.2) is 0 Å². The van der Waals surface area contributed by atoms with Crippen LogP contribution in [0.3, 0.4) is 0 Å². The molecule has 1 amide bonds. The Morgan fingerprint density at radius 2 is 2.11 bits per heavy atom. The SMILES string of the molecule is COC(=O)CCC(=O)N[C@H]([C]=O)CCCNC(=N)N. The summed E-state index contributed by atoms with van der Waals surface area (Å²) in [4.78, 5) is 32.9. The molecule has 1 atom stereocenters. The number of carbonyl (C=O) groups excluding carboxylic acids is 3. The molecule has 107 valence electrons. The number of hydrogen-bond acceptors (Lipinski definition) is 5. The third-order valence-electron chi connectivity index (χ3n) is 2.25. The Kier molecular flexibility index (Phi) is 8.76. The van der Waals surface area contributed by atoms with E-state index in [1.54, 1.807) is 6.29 Å². The first-order valence-corrected chi connectivity index (χ1v) is 5.81. The smallest absolute Gasteiger partial charge is 0.306 e. The average Bonchev–Trinajstić information content (AvgIpc) is 2.39. The summed E-state index contributed by atoms with van der Waals surface area (Å²) in [5.74, 6) is -1.03. The van der Waals surface area contributed by atoms with Gasteiger partial charge in [0.2, 0.25) is 12.2 Å². The molecule has 0 aromatic heterocycles. The maximum absolute atomic E-state index is 11.4. The van der Waals surface area contributed by atoms with E-state index in [0.717, 1.165) is 0 Å². The van der Waals surface area contributed by atoms with E-state index < -0.39 is 17.9 Å². The summed E-state index contributed by atoms with van der Waals surface area (Å²) in [7, 11) is 1.24. The number of carbonyl (C=O) groups is 2. The van der Waals surface area contributed by atoms with E-state index in [2.05, 4.69) is 15.4 Å². The summed E-state index contributed by atoms with van der Waals surface area (Å²) in [6.07, 6.45) is 2.59. The third kappa shape index (κ3) is 9.57. The van der Waals surface area contributed by atoms with Gasteiger partial charge in [-0.2, -0.15) is 0 Å². The molecule has 1 radical (unpaired) electrons. The van der Waals surface area contributed by atoms with Crippen LogP contribution >= 0.6 is 0 Å². The molecule has 19 heavy (non-hydrogen) atoms. The fourth-order valence-electron chi connectivity index (χ4n) is 1.27. The number of ether oxygens (including phenoxy) is 1. The number of nitrogens with two attached hydrogens (primary N) is 1. The van der Waals surface area contributed by atoms with E-state index >= 15 is 0 Å². The summed E-state index contributed by atoms with van der Waals surface area (Å²) in [5.41, 5.74) is 5.08. The Morgan fingerprint density at radius 3 is 2.63 bits per heavy atom. The third-order valence-corrected chi connectivity index (χ3v) is 2.25. The quantitative estimate of drug-likeness (QED) is 0.180.